The normalized spacial score (nSPS) is 20.3. The number of esters is 1. The van der Waals surface area contributed by atoms with Gasteiger partial charge in [-0.2, -0.15) is 0 Å². The quantitative estimate of drug-likeness (QED) is 0.114. The molecule has 332 valence electrons. The summed E-state index contributed by atoms with van der Waals surface area (Å²) < 4.78 is 48.2. The molecule has 0 radical (unpaired) electrons. The summed E-state index contributed by atoms with van der Waals surface area (Å²) in [6.45, 7) is 9.43. The molecule has 5 heterocycles. The second kappa shape index (κ2) is 16.0. The number of ether oxygens (including phenoxy) is 3. The molecule has 4 amide bonds. The Bertz CT molecular complexity index is 2700. The predicted octanol–water partition coefficient (Wildman–Crippen LogP) is 5.42. The smallest absolute Gasteiger partial charge is 0.408 e. The maximum absolute atomic E-state index is 15.5. The van der Waals surface area contributed by atoms with Gasteiger partial charge in [0.05, 0.1) is 35.1 Å². The SMILES string of the molecule is CC[C@@]1(O)C(=O)OCc2c1cc1n(c2=O)Cc2c-1nc1cc(F)c(C)c3c1c2[C@@H](NC(=O)OCc1ccc(NC(=O)[C@@H]2CCCN2C(=O)[C@@H](C)NC(=O)OC(C)(C)C)cc1F)CC3. The van der Waals surface area contributed by atoms with Crippen LogP contribution in [0.1, 0.15) is 105 Å². The highest BCUT2D eigenvalue weighted by molar-refractivity contribution is 5.99. The Morgan fingerprint density at radius 1 is 1.05 bits per heavy atom. The van der Waals surface area contributed by atoms with Crippen molar-refractivity contribution in [3.63, 3.8) is 0 Å². The largest absolute Gasteiger partial charge is 0.458 e. The minimum atomic E-state index is -2.04. The van der Waals surface area contributed by atoms with Crippen molar-refractivity contribution in [3.8, 4) is 11.4 Å². The number of fused-ring (bicyclic) bond motifs is 5. The lowest BCUT2D eigenvalue weighted by Crippen LogP contribution is -2.52. The van der Waals surface area contributed by atoms with Gasteiger partial charge in [-0.25, -0.2) is 28.1 Å². The molecule has 4 N–H and O–H groups in total. The van der Waals surface area contributed by atoms with Gasteiger partial charge in [-0.05, 0) is 102 Å². The standard InChI is InChI=1S/C45H48F2N6O10/c1-7-45(60)28-16-34-37-26(18-53(34)40(56)27(28)20-61-41(45)57)36-31(13-12-25-21(2)29(46)17-32(50-37)35(25)36)51-42(58)62-19-23-10-11-24(15-30(23)47)49-38(54)33-9-8-14-52(33)39(55)22(3)48-43(59)63-44(4,5)6/h10-11,15-17,22,31,33,60H,7-9,12-14,18-20H2,1-6H3,(H,48,59)(H,49,54)(H,51,58)/t22-,31+,33+,45+/m1/s1. The third kappa shape index (κ3) is 7.74. The summed E-state index contributed by atoms with van der Waals surface area (Å²) in [5.74, 6) is -3.09. The van der Waals surface area contributed by atoms with Crippen molar-refractivity contribution in [2.24, 2.45) is 0 Å². The van der Waals surface area contributed by atoms with Gasteiger partial charge in [0.25, 0.3) is 5.56 Å². The Morgan fingerprint density at radius 3 is 2.52 bits per heavy atom. The van der Waals surface area contributed by atoms with Gasteiger partial charge in [0.1, 0.15) is 42.5 Å². The van der Waals surface area contributed by atoms with E-state index in [1.165, 1.54) is 34.6 Å². The van der Waals surface area contributed by atoms with Crippen molar-refractivity contribution in [1.29, 1.82) is 0 Å². The first kappa shape index (κ1) is 43.2. The molecular weight excluding hydrogens is 823 g/mol. The number of cyclic esters (lactones) is 1. The molecule has 1 aliphatic carbocycles. The maximum Gasteiger partial charge on any atom is 0.408 e. The van der Waals surface area contributed by atoms with Crippen LogP contribution in [-0.4, -0.2) is 73.8 Å². The molecule has 18 heteroatoms. The van der Waals surface area contributed by atoms with Crippen LogP contribution in [0.25, 0.3) is 22.3 Å². The van der Waals surface area contributed by atoms with Crippen LogP contribution in [0.2, 0.25) is 0 Å². The third-order valence-corrected chi connectivity index (χ3v) is 12.3. The fraction of sp³-hybridized carbons (Fsp3) is 0.444. The fourth-order valence-corrected chi connectivity index (χ4v) is 9.09. The first-order chi connectivity index (χ1) is 29.8. The zero-order valence-corrected chi connectivity index (χ0v) is 35.7. The Morgan fingerprint density at radius 2 is 1.81 bits per heavy atom. The van der Waals surface area contributed by atoms with Crippen molar-refractivity contribution in [3.05, 3.63) is 91.3 Å². The molecular formula is C45H48F2N6O10. The van der Waals surface area contributed by atoms with Gasteiger partial charge in [0.15, 0.2) is 5.60 Å². The van der Waals surface area contributed by atoms with Gasteiger partial charge in [-0.1, -0.05) is 13.0 Å². The summed E-state index contributed by atoms with van der Waals surface area (Å²) >= 11 is 0. The van der Waals surface area contributed by atoms with Crippen LogP contribution in [0.5, 0.6) is 0 Å². The molecule has 16 nitrogen and oxygen atoms in total. The lowest BCUT2D eigenvalue weighted by Gasteiger charge is -2.31. The van der Waals surface area contributed by atoms with E-state index >= 15 is 8.78 Å². The molecule has 4 aromatic rings. The Kier molecular flexibility index (Phi) is 11.0. The lowest BCUT2D eigenvalue weighted by atomic mass is 9.81. The van der Waals surface area contributed by atoms with Gasteiger partial charge in [0, 0.05) is 40.4 Å². The number of halogens is 2. The van der Waals surface area contributed by atoms with E-state index in [0.29, 0.717) is 71.2 Å². The number of aryl methyl sites for hydroxylation is 1. The monoisotopic (exact) mass is 870 g/mol. The van der Waals surface area contributed by atoms with Crippen LogP contribution in [0.15, 0.2) is 35.1 Å². The van der Waals surface area contributed by atoms with Crippen LogP contribution in [-0.2, 0) is 60.4 Å². The van der Waals surface area contributed by atoms with Crippen LogP contribution < -0.4 is 21.5 Å². The molecule has 1 saturated heterocycles. The summed E-state index contributed by atoms with van der Waals surface area (Å²) in [6.07, 6.45) is -0.0350. The molecule has 4 aliphatic rings. The van der Waals surface area contributed by atoms with Crippen LogP contribution in [0, 0.1) is 18.6 Å². The summed E-state index contributed by atoms with van der Waals surface area (Å²) in [5, 5.41) is 20.0. The van der Waals surface area contributed by atoms with Crippen molar-refractivity contribution in [2.45, 2.75) is 123 Å². The minimum absolute atomic E-state index is 0.0171. The predicted molar refractivity (Wildman–Crippen MR) is 222 cm³/mol. The second-order valence-corrected chi connectivity index (χ2v) is 17.5. The summed E-state index contributed by atoms with van der Waals surface area (Å²) in [5.41, 5.74) is 0.484. The van der Waals surface area contributed by atoms with E-state index < -0.39 is 83.1 Å². The number of anilines is 1. The Labute approximate surface area is 360 Å². The number of nitrogens with one attached hydrogen (secondary N) is 3. The number of aromatic nitrogens is 2. The number of hydrogen-bond acceptors (Lipinski definition) is 11. The van der Waals surface area contributed by atoms with E-state index in [-0.39, 0.29) is 42.0 Å². The van der Waals surface area contributed by atoms with Crippen molar-refractivity contribution in [2.75, 3.05) is 11.9 Å². The number of benzene rings is 2. The highest BCUT2D eigenvalue weighted by atomic mass is 19.1. The maximum atomic E-state index is 15.5. The zero-order chi connectivity index (χ0) is 45.3. The molecule has 0 unspecified atom stereocenters. The van der Waals surface area contributed by atoms with Crippen LogP contribution in [0.4, 0.5) is 24.1 Å². The van der Waals surface area contributed by atoms with E-state index in [0.717, 1.165) is 11.6 Å². The summed E-state index contributed by atoms with van der Waals surface area (Å²) in [7, 11) is 0. The Hall–Kier alpha value is -6.43. The van der Waals surface area contributed by atoms with E-state index in [4.69, 9.17) is 19.2 Å². The molecule has 3 aliphatic heterocycles. The number of aliphatic hydroxyl groups is 1. The summed E-state index contributed by atoms with van der Waals surface area (Å²) in [6, 6.07) is 4.27. The molecule has 1 fully saturated rings. The number of carbonyl (C=O) groups excluding carboxylic acids is 5. The average molecular weight is 871 g/mol. The average Bonchev–Trinajstić information content (AvgIpc) is 3.86. The third-order valence-electron chi connectivity index (χ3n) is 12.3. The summed E-state index contributed by atoms with van der Waals surface area (Å²) in [4.78, 5) is 85.1. The van der Waals surface area contributed by atoms with Gasteiger partial charge in [-0.3, -0.25) is 14.4 Å². The molecule has 2 aromatic heterocycles. The lowest BCUT2D eigenvalue weighted by molar-refractivity contribution is -0.172. The fourth-order valence-electron chi connectivity index (χ4n) is 9.09. The van der Waals surface area contributed by atoms with E-state index in [1.54, 1.807) is 40.7 Å². The molecule has 0 saturated carbocycles. The molecule has 4 atom stereocenters. The minimum Gasteiger partial charge on any atom is -0.458 e. The number of nitrogens with zero attached hydrogens (tertiary/aromatic N) is 3. The zero-order valence-electron chi connectivity index (χ0n) is 35.7. The van der Waals surface area contributed by atoms with E-state index in [9.17, 15) is 33.9 Å². The number of alkyl carbamates (subject to hydrolysis) is 2. The number of pyridine rings is 2. The molecule has 63 heavy (non-hydrogen) atoms. The molecule has 0 bridgehead atoms. The molecule has 0 spiro atoms. The van der Waals surface area contributed by atoms with E-state index in [2.05, 4.69) is 16.0 Å². The van der Waals surface area contributed by atoms with Crippen molar-refractivity contribution < 1.29 is 52.1 Å². The first-order valence-electron chi connectivity index (χ1n) is 20.9. The Balaban J connectivity index is 0.973. The van der Waals surface area contributed by atoms with Crippen molar-refractivity contribution >= 4 is 46.6 Å². The number of rotatable bonds is 8. The van der Waals surface area contributed by atoms with Crippen molar-refractivity contribution in [1.82, 2.24) is 25.1 Å². The van der Waals surface area contributed by atoms with Gasteiger partial charge in [0.2, 0.25) is 11.8 Å². The second-order valence-electron chi connectivity index (χ2n) is 17.5. The van der Waals surface area contributed by atoms with Gasteiger partial charge in [-0.15, -0.1) is 0 Å². The van der Waals surface area contributed by atoms with Gasteiger partial charge < -0.3 is 44.7 Å². The first-order valence-corrected chi connectivity index (χ1v) is 20.9. The van der Waals surface area contributed by atoms with Gasteiger partial charge >= 0.3 is 18.2 Å². The van der Waals surface area contributed by atoms with Crippen LogP contribution in [0.3, 0.4) is 0 Å². The topological polar surface area (TPSA) is 207 Å². The highest BCUT2D eigenvalue weighted by Crippen LogP contribution is 2.46. The number of carbonyl (C=O) groups is 5. The molecule has 2 aromatic carbocycles. The van der Waals surface area contributed by atoms with E-state index in [1.807, 2.05) is 0 Å². The molecule has 8 rings (SSSR count). The number of likely N-dealkylation sites (tertiary alicyclic amines) is 1. The van der Waals surface area contributed by atoms with Crippen LogP contribution >= 0.6 is 0 Å². The number of amides is 4. The highest BCUT2D eigenvalue weighted by Gasteiger charge is 2.46. The number of hydrogen-bond donors (Lipinski definition) is 4.